The summed E-state index contributed by atoms with van der Waals surface area (Å²) in [5.41, 5.74) is 6.54. The van der Waals surface area contributed by atoms with Crippen molar-refractivity contribution in [2.75, 3.05) is 11.1 Å². The Morgan fingerprint density at radius 1 is 1.38 bits per heavy atom. The summed E-state index contributed by atoms with van der Waals surface area (Å²) in [5.74, 6) is 1.64. The van der Waals surface area contributed by atoms with Crippen LogP contribution in [-0.4, -0.2) is 14.9 Å². The molecule has 0 bridgehead atoms. The van der Waals surface area contributed by atoms with Crippen LogP contribution in [0.5, 0.6) is 0 Å². The Hall–Kier alpha value is -2.64. The lowest BCUT2D eigenvalue weighted by molar-refractivity contribution is -0.385. The van der Waals surface area contributed by atoms with Gasteiger partial charge in [0.1, 0.15) is 17.2 Å². The van der Waals surface area contributed by atoms with Crippen LogP contribution in [0.3, 0.4) is 0 Å². The first-order chi connectivity index (χ1) is 9.79. The predicted molar refractivity (Wildman–Crippen MR) is 78.1 cm³/mol. The third-order valence-corrected chi connectivity index (χ3v) is 3.16. The molecule has 1 unspecified atom stereocenters. The van der Waals surface area contributed by atoms with Crippen molar-refractivity contribution in [2.45, 2.75) is 33.7 Å². The maximum Gasteiger partial charge on any atom is 0.332 e. The van der Waals surface area contributed by atoms with Gasteiger partial charge in [0.2, 0.25) is 11.8 Å². The van der Waals surface area contributed by atoms with Crippen LogP contribution in [0.2, 0.25) is 0 Å². The summed E-state index contributed by atoms with van der Waals surface area (Å²) < 4.78 is 5.47. The molecule has 2 rings (SSSR count). The normalized spacial score (nSPS) is 12.2. The van der Waals surface area contributed by atoms with Crippen molar-refractivity contribution in [3.8, 4) is 0 Å². The smallest absolute Gasteiger partial charge is 0.332 e. The maximum absolute atomic E-state index is 11.2. The number of hydrogen-bond donors (Lipinski definition) is 2. The summed E-state index contributed by atoms with van der Waals surface area (Å²) in [7, 11) is 0. The molecule has 0 saturated heterocycles. The minimum Gasteiger partial charge on any atom is -0.466 e. The second kappa shape index (κ2) is 5.39. The summed E-state index contributed by atoms with van der Waals surface area (Å²) in [6, 6.07) is 1.67. The van der Waals surface area contributed by atoms with Crippen molar-refractivity contribution in [2.24, 2.45) is 0 Å². The number of nitrogen functional groups attached to an aromatic ring is 1. The molecule has 3 N–H and O–H groups in total. The highest BCUT2D eigenvalue weighted by atomic mass is 16.6. The number of rotatable bonds is 4. The number of nitrogens with one attached hydrogen (secondary N) is 1. The number of nitro groups is 1. The summed E-state index contributed by atoms with van der Waals surface area (Å²) in [6.45, 7) is 7.08. The molecule has 8 nitrogen and oxygen atoms in total. The molecule has 2 aromatic heterocycles. The zero-order valence-electron chi connectivity index (χ0n) is 12.3. The average Bonchev–Trinajstić information content (AvgIpc) is 2.66. The van der Waals surface area contributed by atoms with E-state index in [2.05, 4.69) is 15.3 Å². The molecule has 1 atom stereocenters. The second-order valence-electron chi connectivity index (χ2n) is 4.86. The predicted octanol–water partition coefficient (Wildman–Crippen LogP) is 2.66. The number of hydrogen-bond acceptors (Lipinski definition) is 7. The fraction of sp³-hybridized carbons (Fsp3) is 0.385. The summed E-state index contributed by atoms with van der Waals surface area (Å²) in [6.07, 6.45) is 0. The number of anilines is 2. The van der Waals surface area contributed by atoms with Crippen molar-refractivity contribution in [1.29, 1.82) is 0 Å². The van der Waals surface area contributed by atoms with Gasteiger partial charge in [0.15, 0.2) is 0 Å². The first kappa shape index (κ1) is 14.8. The zero-order valence-corrected chi connectivity index (χ0v) is 12.3. The van der Waals surface area contributed by atoms with E-state index in [1.165, 1.54) is 6.92 Å². The van der Waals surface area contributed by atoms with Gasteiger partial charge in [-0.2, -0.15) is 4.98 Å². The van der Waals surface area contributed by atoms with Crippen molar-refractivity contribution in [3.63, 3.8) is 0 Å². The monoisotopic (exact) mass is 291 g/mol. The van der Waals surface area contributed by atoms with E-state index < -0.39 is 4.92 Å². The SMILES string of the molecule is Cc1cc(C(C)Nc2nc(N)nc(C)c2[N+](=O)[O-])c(C)o1. The molecule has 0 aliphatic carbocycles. The van der Waals surface area contributed by atoms with Crippen LogP contribution in [0, 0.1) is 30.9 Å². The number of nitrogens with two attached hydrogens (primary N) is 1. The Bertz CT molecular complexity index is 695. The minimum atomic E-state index is -0.517. The highest BCUT2D eigenvalue weighted by molar-refractivity contribution is 5.61. The number of nitrogens with zero attached hydrogens (tertiary/aromatic N) is 3. The third kappa shape index (κ3) is 2.93. The van der Waals surface area contributed by atoms with Crippen molar-refractivity contribution < 1.29 is 9.34 Å². The van der Waals surface area contributed by atoms with Crippen LogP contribution >= 0.6 is 0 Å². The van der Waals surface area contributed by atoms with Gasteiger partial charge in [-0.1, -0.05) is 0 Å². The van der Waals surface area contributed by atoms with Crippen LogP contribution in [0.15, 0.2) is 10.5 Å². The Labute approximate surface area is 121 Å². The van der Waals surface area contributed by atoms with Crippen LogP contribution < -0.4 is 11.1 Å². The molecule has 0 radical (unpaired) electrons. The molecule has 2 aromatic rings. The molecule has 0 fully saturated rings. The van der Waals surface area contributed by atoms with E-state index in [9.17, 15) is 10.1 Å². The zero-order chi connectivity index (χ0) is 15.7. The van der Waals surface area contributed by atoms with E-state index in [1.54, 1.807) is 0 Å². The molecule has 0 aliphatic rings. The molecule has 0 spiro atoms. The molecule has 0 saturated carbocycles. The van der Waals surface area contributed by atoms with Gasteiger partial charge < -0.3 is 15.5 Å². The van der Waals surface area contributed by atoms with E-state index in [0.717, 1.165) is 17.1 Å². The first-order valence-corrected chi connectivity index (χ1v) is 6.41. The molecule has 2 heterocycles. The van der Waals surface area contributed by atoms with Gasteiger partial charge in [0.25, 0.3) is 0 Å². The van der Waals surface area contributed by atoms with Crippen LogP contribution in [-0.2, 0) is 0 Å². The molecular formula is C13H17N5O3. The van der Waals surface area contributed by atoms with Crippen LogP contribution in [0.4, 0.5) is 17.5 Å². The van der Waals surface area contributed by atoms with Gasteiger partial charge in [-0.05, 0) is 33.8 Å². The van der Waals surface area contributed by atoms with Gasteiger partial charge >= 0.3 is 5.69 Å². The molecule has 112 valence electrons. The van der Waals surface area contributed by atoms with Gasteiger partial charge in [-0.25, -0.2) is 4.98 Å². The highest BCUT2D eigenvalue weighted by Crippen LogP contribution is 2.30. The van der Waals surface area contributed by atoms with Gasteiger partial charge in [-0.15, -0.1) is 0 Å². The van der Waals surface area contributed by atoms with E-state index in [1.807, 2.05) is 26.8 Å². The maximum atomic E-state index is 11.2. The van der Waals surface area contributed by atoms with Crippen LogP contribution in [0.1, 0.15) is 35.7 Å². The van der Waals surface area contributed by atoms with Crippen molar-refractivity contribution in [3.05, 3.63) is 39.0 Å². The quantitative estimate of drug-likeness (QED) is 0.656. The first-order valence-electron chi connectivity index (χ1n) is 6.41. The standard InChI is InChI=1S/C13H17N5O3/c1-6-5-10(9(4)21-6)7(2)15-12-11(18(19)20)8(3)16-13(14)17-12/h5,7H,1-4H3,(H3,14,15,16,17). The average molecular weight is 291 g/mol. The molecular weight excluding hydrogens is 274 g/mol. The number of aromatic nitrogens is 2. The molecule has 0 aromatic carbocycles. The molecule has 0 aliphatic heterocycles. The van der Waals surface area contributed by atoms with Crippen LogP contribution in [0.25, 0.3) is 0 Å². The largest absolute Gasteiger partial charge is 0.466 e. The summed E-state index contributed by atoms with van der Waals surface area (Å²) in [4.78, 5) is 18.4. The fourth-order valence-corrected chi connectivity index (χ4v) is 2.27. The molecule has 21 heavy (non-hydrogen) atoms. The van der Waals surface area contributed by atoms with E-state index >= 15 is 0 Å². The highest BCUT2D eigenvalue weighted by Gasteiger charge is 2.24. The number of furan rings is 1. The molecule has 0 amide bonds. The van der Waals surface area contributed by atoms with E-state index in [0.29, 0.717) is 0 Å². The Morgan fingerprint density at radius 2 is 2.05 bits per heavy atom. The lowest BCUT2D eigenvalue weighted by Gasteiger charge is -2.14. The Balaban J connectivity index is 2.39. The fourth-order valence-electron chi connectivity index (χ4n) is 2.27. The minimum absolute atomic E-state index is 0.00658. The van der Waals surface area contributed by atoms with Gasteiger partial charge in [-0.3, -0.25) is 10.1 Å². The van der Waals surface area contributed by atoms with E-state index in [-0.39, 0.29) is 29.2 Å². The lowest BCUT2D eigenvalue weighted by Crippen LogP contribution is -2.13. The topological polar surface area (TPSA) is 120 Å². The summed E-state index contributed by atoms with van der Waals surface area (Å²) >= 11 is 0. The third-order valence-electron chi connectivity index (χ3n) is 3.16. The van der Waals surface area contributed by atoms with Gasteiger partial charge in [0, 0.05) is 5.56 Å². The Morgan fingerprint density at radius 3 is 2.57 bits per heavy atom. The lowest BCUT2D eigenvalue weighted by atomic mass is 10.1. The van der Waals surface area contributed by atoms with Gasteiger partial charge in [0.05, 0.1) is 11.0 Å². The van der Waals surface area contributed by atoms with Crippen molar-refractivity contribution >= 4 is 17.5 Å². The number of aryl methyl sites for hydroxylation is 3. The Kier molecular flexibility index (Phi) is 3.79. The van der Waals surface area contributed by atoms with E-state index in [4.69, 9.17) is 10.2 Å². The second-order valence-corrected chi connectivity index (χ2v) is 4.86. The summed E-state index contributed by atoms with van der Waals surface area (Å²) in [5, 5.41) is 14.2. The molecule has 8 heteroatoms. The van der Waals surface area contributed by atoms with Crippen molar-refractivity contribution in [1.82, 2.24) is 9.97 Å².